The Kier molecular flexibility index (Phi) is 8.03. The number of benzene rings is 1. The van der Waals surface area contributed by atoms with Gasteiger partial charge in [-0.25, -0.2) is 4.79 Å². The summed E-state index contributed by atoms with van der Waals surface area (Å²) in [5.41, 5.74) is 0.541. The van der Waals surface area contributed by atoms with Crippen LogP contribution in [-0.4, -0.2) is 52.5 Å². The van der Waals surface area contributed by atoms with Crippen LogP contribution in [-0.2, 0) is 20.9 Å². The summed E-state index contributed by atoms with van der Waals surface area (Å²) in [6, 6.07) is 4.07. The molecule has 3 atom stereocenters. The molecular formula is C16H19F3N2O6. The van der Waals surface area contributed by atoms with Gasteiger partial charge in [-0.05, 0) is 12.5 Å². The minimum atomic E-state index is -5.07. The third kappa shape index (κ3) is 7.94. The lowest BCUT2D eigenvalue weighted by atomic mass is 10.1. The quantitative estimate of drug-likeness (QED) is 0.527. The third-order valence-electron chi connectivity index (χ3n) is 3.37. The normalized spacial score (nSPS) is 14.6. The van der Waals surface area contributed by atoms with Crippen LogP contribution in [0.15, 0.2) is 30.3 Å². The van der Waals surface area contributed by atoms with Crippen LogP contribution in [0.4, 0.5) is 18.0 Å². The standard InChI is InChI=1S/C16H19F3N2O6/c1-9(14(24)25)20-12(23)7-11(22)13(16(17,18)19)21-15(26)27-8-10-5-3-2-4-6-10/h2-6,9,11,13,22H,7-8H2,1H3,(H,20,23)(H,21,26)(H,24,25)/t9-,11-,13+/m0/s1. The van der Waals surface area contributed by atoms with Gasteiger partial charge in [0.25, 0.3) is 0 Å². The third-order valence-corrected chi connectivity index (χ3v) is 3.37. The molecule has 0 aliphatic carbocycles. The van der Waals surface area contributed by atoms with Crippen LogP contribution in [0.3, 0.4) is 0 Å². The number of carbonyl (C=O) groups is 3. The Hall–Kier alpha value is -2.82. The van der Waals surface area contributed by atoms with Crippen molar-refractivity contribution >= 4 is 18.0 Å². The van der Waals surface area contributed by atoms with Crippen LogP contribution < -0.4 is 10.6 Å². The van der Waals surface area contributed by atoms with Gasteiger partial charge in [-0.2, -0.15) is 13.2 Å². The first-order valence-electron chi connectivity index (χ1n) is 7.75. The van der Waals surface area contributed by atoms with E-state index in [0.717, 1.165) is 6.92 Å². The maximum atomic E-state index is 13.1. The van der Waals surface area contributed by atoms with Crippen molar-refractivity contribution in [3.8, 4) is 0 Å². The number of rotatable bonds is 8. The molecule has 0 heterocycles. The lowest BCUT2D eigenvalue weighted by molar-refractivity contribution is -0.177. The molecule has 150 valence electrons. The molecule has 0 aliphatic heterocycles. The monoisotopic (exact) mass is 392 g/mol. The first kappa shape index (κ1) is 22.2. The van der Waals surface area contributed by atoms with Gasteiger partial charge in [0.1, 0.15) is 12.6 Å². The number of alkyl carbamates (subject to hydrolysis) is 1. The average molecular weight is 392 g/mol. The lowest BCUT2D eigenvalue weighted by Crippen LogP contribution is -2.54. The van der Waals surface area contributed by atoms with E-state index in [1.54, 1.807) is 30.3 Å². The molecule has 1 aromatic carbocycles. The van der Waals surface area contributed by atoms with Crippen molar-refractivity contribution in [3.05, 3.63) is 35.9 Å². The SMILES string of the molecule is C[C@H](NC(=O)C[C@H](O)[C@@H](NC(=O)OCc1ccccc1)C(F)(F)F)C(=O)O. The fourth-order valence-electron chi connectivity index (χ4n) is 1.96. The predicted octanol–water partition coefficient (Wildman–Crippen LogP) is 1.18. The van der Waals surface area contributed by atoms with Gasteiger partial charge in [-0.1, -0.05) is 30.3 Å². The van der Waals surface area contributed by atoms with Crippen molar-refractivity contribution in [2.75, 3.05) is 0 Å². The fraction of sp³-hybridized carbons (Fsp3) is 0.438. The number of aliphatic hydroxyl groups excluding tert-OH is 1. The number of amides is 2. The van der Waals surface area contributed by atoms with Crippen LogP contribution in [0.25, 0.3) is 0 Å². The van der Waals surface area contributed by atoms with E-state index < -0.39 is 48.8 Å². The number of hydrogen-bond donors (Lipinski definition) is 4. The van der Waals surface area contributed by atoms with E-state index in [1.807, 2.05) is 5.32 Å². The molecule has 2 amide bonds. The summed E-state index contributed by atoms with van der Waals surface area (Å²) in [6.45, 7) is 0.816. The topological polar surface area (TPSA) is 125 Å². The maximum Gasteiger partial charge on any atom is 0.411 e. The van der Waals surface area contributed by atoms with Crippen molar-refractivity contribution in [3.63, 3.8) is 0 Å². The van der Waals surface area contributed by atoms with Crippen molar-refractivity contribution < 1.29 is 42.5 Å². The highest BCUT2D eigenvalue weighted by atomic mass is 19.4. The van der Waals surface area contributed by atoms with E-state index >= 15 is 0 Å². The van der Waals surface area contributed by atoms with Gasteiger partial charge in [0.2, 0.25) is 5.91 Å². The molecule has 0 radical (unpaired) electrons. The minimum Gasteiger partial charge on any atom is -0.480 e. The summed E-state index contributed by atoms with van der Waals surface area (Å²) >= 11 is 0. The number of carboxylic acid groups (broad SMARTS) is 1. The molecule has 0 saturated carbocycles. The smallest absolute Gasteiger partial charge is 0.411 e. The van der Waals surface area contributed by atoms with E-state index in [1.165, 1.54) is 5.32 Å². The molecule has 0 fully saturated rings. The second-order valence-electron chi connectivity index (χ2n) is 5.62. The Morgan fingerprint density at radius 2 is 1.74 bits per heavy atom. The van der Waals surface area contributed by atoms with Gasteiger partial charge in [0.05, 0.1) is 12.5 Å². The Balaban J connectivity index is 2.65. The van der Waals surface area contributed by atoms with E-state index in [-0.39, 0.29) is 6.61 Å². The number of nitrogens with one attached hydrogen (secondary N) is 2. The number of hydrogen-bond acceptors (Lipinski definition) is 5. The summed E-state index contributed by atoms with van der Waals surface area (Å²) in [5.74, 6) is -2.51. The number of aliphatic carboxylic acids is 1. The highest BCUT2D eigenvalue weighted by molar-refractivity contribution is 5.83. The summed E-state index contributed by atoms with van der Waals surface area (Å²) in [6.07, 6.45) is -9.90. The van der Waals surface area contributed by atoms with E-state index in [2.05, 4.69) is 4.74 Å². The molecule has 27 heavy (non-hydrogen) atoms. The number of alkyl halides is 3. The highest BCUT2D eigenvalue weighted by Gasteiger charge is 2.46. The molecule has 1 aromatic rings. The zero-order chi connectivity index (χ0) is 20.6. The van der Waals surface area contributed by atoms with Crippen LogP contribution >= 0.6 is 0 Å². The molecule has 0 aromatic heterocycles. The second kappa shape index (κ2) is 9.76. The van der Waals surface area contributed by atoms with Crippen LogP contribution in [0, 0.1) is 0 Å². The molecule has 4 N–H and O–H groups in total. The first-order chi connectivity index (χ1) is 12.5. The van der Waals surface area contributed by atoms with Crippen molar-refractivity contribution in [2.24, 2.45) is 0 Å². The van der Waals surface area contributed by atoms with Crippen LogP contribution in [0.1, 0.15) is 18.9 Å². The van der Waals surface area contributed by atoms with Crippen molar-refractivity contribution in [1.29, 1.82) is 0 Å². The Labute approximate surface area is 152 Å². The van der Waals surface area contributed by atoms with E-state index in [9.17, 15) is 32.7 Å². The molecule has 0 saturated heterocycles. The van der Waals surface area contributed by atoms with E-state index in [0.29, 0.717) is 5.56 Å². The highest BCUT2D eigenvalue weighted by Crippen LogP contribution is 2.24. The van der Waals surface area contributed by atoms with Gasteiger partial charge >= 0.3 is 18.2 Å². The largest absolute Gasteiger partial charge is 0.480 e. The molecule has 0 unspecified atom stereocenters. The second-order valence-corrected chi connectivity index (χ2v) is 5.62. The number of aliphatic hydroxyl groups is 1. The van der Waals surface area contributed by atoms with Crippen LogP contribution in [0.2, 0.25) is 0 Å². The van der Waals surface area contributed by atoms with Gasteiger partial charge in [0, 0.05) is 0 Å². The number of carboxylic acids is 1. The summed E-state index contributed by atoms with van der Waals surface area (Å²) in [5, 5.41) is 21.7. The summed E-state index contributed by atoms with van der Waals surface area (Å²) < 4.78 is 43.9. The van der Waals surface area contributed by atoms with Crippen molar-refractivity contribution in [2.45, 2.75) is 44.3 Å². The first-order valence-corrected chi connectivity index (χ1v) is 7.75. The zero-order valence-electron chi connectivity index (χ0n) is 14.2. The summed E-state index contributed by atoms with van der Waals surface area (Å²) in [4.78, 5) is 33.8. The molecular weight excluding hydrogens is 373 g/mol. The Morgan fingerprint density at radius 3 is 2.26 bits per heavy atom. The Bertz CT molecular complexity index is 653. The number of halogens is 3. The minimum absolute atomic E-state index is 0.288. The molecule has 0 spiro atoms. The Morgan fingerprint density at radius 1 is 1.15 bits per heavy atom. The lowest BCUT2D eigenvalue weighted by Gasteiger charge is -2.26. The molecule has 0 bridgehead atoms. The molecule has 8 nitrogen and oxygen atoms in total. The number of ether oxygens (including phenoxy) is 1. The van der Waals surface area contributed by atoms with Gasteiger partial charge in [0.15, 0.2) is 6.04 Å². The summed E-state index contributed by atoms with van der Waals surface area (Å²) in [7, 11) is 0. The van der Waals surface area contributed by atoms with Gasteiger partial charge in [-0.15, -0.1) is 0 Å². The van der Waals surface area contributed by atoms with E-state index in [4.69, 9.17) is 5.11 Å². The van der Waals surface area contributed by atoms with Crippen molar-refractivity contribution in [1.82, 2.24) is 10.6 Å². The zero-order valence-corrected chi connectivity index (χ0v) is 14.2. The number of carbonyl (C=O) groups excluding carboxylic acids is 2. The van der Waals surface area contributed by atoms with Gasteiger partial charge < -0.3 is 25.6 Å². The maximum absolute atomic E-state index is 13.1. The van der Waals surface area contributed by atoms with Crippen LogP contribution in [0.5, 0.6) is 0 Å². The van der Waals surface area contributed by atoms with Gasteiger partial charge in [-0.3, -0.25) is 9.59 Å². The molecule has 1 rings (SSSR count). The predicted molar refractivity (Wildman–Crippen MR) is 85.5 cm³/mol. The molecule has 11 heteroatoms. The molecule has 0 aliphatic rings. The average Bonchev–Trinajstić information content (AvgIpc) is 2.57. The fourth-order valence-corrected chi connectivity index (χ4v) is 1.96.